The fourth-order valence-electron chi connectivity index (χ4n) is 0.645. The van der Waals surface area contributed by atoms with Crippen molar-refractivity contribution in [2.75, 3.05) is 0 Å². The summed E-state index contributed by atoms with van der Waals surface area (Å²) in [5.41, 5.74) is 7.29. The smallest absolute Gasteiger partial charge is 0.267 e. The molecule has 1 rings (SSSR count). The molecule has 1 aromatic carbocycles. The van der Waals surface area contributed by atoms with E-state index in [1.165, 1.54) is 0 Å². The largest absolute Gasteiger partial charge is 0.270 e. The van der Waals surface area contributed by atoms with Crippen LogP contribution in [0.4, 0.5) is 0 Å². The van der Waals surface area contributed by atoms with Crippen molar-refractivity contribution >= 4 is 28.5 Å². The molecule has 1 N–H and O–H groups in total. The number of nitrogens with one attached hydrogen (secondary N) is 1. The maximum Gasteiger partial charge on any atom is 0.270 e. The van der Waals surface area contributed by atoms with Gasteiger partial charge < -0.3 is 0 Å². The van der Waals surface area contributed by atoms with Gasteiger partial charge in [0, 0.05) is 3.57 Å². The number of halogens is 1. The quantitative estimate of drug-likeness (QED) is 0.695. The van der Waals surface area contributed by atoms with Crippen LogP contribution in [0.15, 0.2) is 24.3 Å². The molecule has 2 nitrogen and oxygen atoms in total. The highest BCUT2D eigenvalue weighted by Crippen LogP contribution is 2.10. The lowest BCUT2D eigenvalue weighted by Crippen LogP contribution is -2.00. The van der Waals surface area contributed by atoms with Gasteiger partial charge in [0.2, 0.25) is 0 Å². The van der Waals surface area contributed by atoms with Crippen LogP contribution in [0.5, 0.6) is 0 Å². The number of amides is 1. The third kappa shape index (κ3) is 1.47. The van der Waals surface area contributed by atoms with Crippen molar-refractivity contribution in [1.29, 1.82) is 0 Å². The summed E-state index contributed by atoms with van der Waals surface area (Å²) in [7, 11) is 0. The molecule has 1 aromatic rings. The lowest BCUT2D eigenvalue weighted by Gasteiger charge is -1.94. The summed E-state index contributed by atoms with van der Waals surface area (Å²) in [6, 6.07) is 7.05. The molecule has 3 heteroatoms. The highest BCUT2D eigenvalue weighted by atomic mass is 127. The Balaban J connectivity index is 3.15. The molecular weight excluding hydrogens is 241 g/mol. The second kappa shape index (κ2) is 3.01. The Hall–Kier alpha value is -0.580. The molecule has 1 amide bonds. The number of rotatable bonds is 1. The van der Waals surface area contributed by atoms with E-state index in [4.69, 9.17) is 5.73 Å². The molecule has 51 valence electrons. The third-order valence-electron chi connectivity index (χ3n) is 1.12. The van der Waals surface area contributed by atoms with Gasteiger partial charge in [-0.15, -0.1) is 0 Å². The van der Waals surface area contributed by atoms with Gasteiger partial charge in [0.1, 0.15) is 0 Å². The van der Waals surface area contributed by atoms with Gasteiger partial charge in [-0.1, -0.05) is 12.1 Å². The first-order valence-corrected chi connectivity index (χ1v) is 3.80. The van der Waals surface area contributed by atoms with Crippen LogP contribution in [-0.2, 0) is 0 Å². The van der Waals surface area contributed by atoms with Gasteiger partial charge in [-0.25, -0.2) is 0 Å². The molecule has 0 fully saturated rings. The van der Waals surface area contributed by atoms with E-state index in [1.807, 2.05) is 34.7 Å². The SMILES string of the molecule is [NH]C(=O)c1ccccc1I. The van der Waals surface area contributed by atoms with Gasteiger partial charge >= 0.3 is 0 Å². The summed E-state index contributed by atoms with van der Waals surface area (Å²) >= 11 is 2.03. The minimum atomic E-state index is -0.620. The zero-order valence-corrected chi connectivity index (χ0v) is 7.25. The van der Waals surface area contributed by atoms with Gasteiger partial charge in [0.25, 0.3) is 5.91 Å². The predicted octanol–water partition coefficient (Wildman–Crippen LogP) is 1.71. The second-order valence-electron chi connectivity index (χ2n) is 1.81. The summed E-state index contributed by atoms with van der Waals surface area (Å²) in [5.74, 6) is -0.620. The lowest BCUT2D eigenvalue weighted by molar-refractivity contribution is 0.0991. The Morgan fingerprint density at radius 3 is 2.40 bits per heavy atom. The molecule has 0 aliphatic carbocycles. The van der Waals surface area contributed by atoms with Crippen molar-refractivity contribution in [3.63, 3.8) is 0 Å². The maximum absolute atomic E-state index is 10.5. The second-order valence-corrected chi connectivity index (χ2v) is 2.97. The Bertz CT molecular complexity index is 260. The van der Waals surface area contributed by atoms with Crippen LogP contribution < -0.4 is 5.73 Å². The van der Waals surface area contributed by atoms with Crippen molar-refractivity contribution in [2.24, 2.45) is 0 Å². The van der Waals surface area contributed by atoms with Crippen LogP contribution in [0.25, 0.3) is 0 Å². The zero-order chi connectivity index (χ0) is 7.56. The monoisotopic (exact) mass is 246 g/mol. The van der Waals surface area contributed by atoms with Gasteiger partial charge in [-0.2, -0.15) is 0 Å². The van der Waals surface area contributed by atoms with Gasteiger partial charge in [0.15, 0.2) is 0 Å². The van der Waals surface area contributed by atoms with E-state index in [0.29, 0.717) is 5.56 Å². The van der Waals surface area contributed by atoms with Crippen molar-refractivity contribution in [2.45, 2.75) is 0 Å². The van der Waals surface area contributed by atoms with Crippen LogP contribution in [0.1, 0.15) is 10.4 Å². The van der Waals surface area contributed by atoms with E-state index in [-0.39, 0.29) is 0 Å². The molecule has 0 aliphatic rings. The number of carbonyl (C=O) groups is 1. The van der Waals surface area contributed by atoms with Gasteiger partial charge in [-0.05, 0) is 34.7 Å². The fraction of sp³-hybridized carbons (Fsp3) is 0. The van der Waals surface area contributed by atoms with Crippen LogP contribution >= 0.6 is 22.6 Å². The summed E-state index contributed by atoms with van der Waals surface area (Å²) in [5, 5.41) is 0. The van der Waals surface area contributed by atoms with E-state index >= 15 is 0 Å². The predicted molar refractivity (Wildman–Crippen MR) is 46.6 cm³/mol. The molecule has 0 saturated carbocycles. The molecule has 0 spiro atoms. The van der Waals surface area contributed by atoms with E-state index < -0.39 is 5.91 Å². The maximum atomic E-state index is 10.5. The number of carbonyl (C=O) groups excluding carboxylic acids is 1. The Morgan fingerprint density at radius 2 is 2.00 bits per heavy atom. The first-order chi connectivity index (χ1) is 4.72. The highest BCUT2D eigenvalue weighted by Gasteiger charge is 2.02. The van der Waals surface area contributed by atoms with Gasteiger partial charge in [-0.3, -0.25) is 10.5 Å². The topological polar surface area (TPSA) is 40.9 Å². The van der Waals surface area contributed by atoms with Crippen LogP contribution in [0.3, 0.4) is 0 Å². The number of hydrogen-bond acceptors (Lipinski definition) is 1. The van der Waals surface area contributed by atoms with Crippen LogP contribution in [-0.4, -0.2) is 5.91 Å². The number of hydrogen-bond donors (Lipinski definition) is 0. The fourth-order valence-corrected chi connectivity index (χ4v) is 1.28. The van der Waals surface area contributed by atoms with Crippen molar-refractivity contribution in [3.05, 3.63) is 33.4 Å². The van der Waals surface area contributed by atoms with Crippen molar-refractivity contribution in [1.82, 2.24) is 5.73 Å². The van der Waals surface area contributed by atoms with E-state index in [9.17, 15) is 4.79 Å². The molecule has 1 radical (unpaired) electrons. The Morgan fingerprint density at radius 1 is 1.40 bits per heavy atom. The normalized spacial score (nSPS) is 9.30. The Kier molecular flexibility index (Phi) is 2.26. The average Bonchev–Trinajstić information content (AvgIpc) is 1.88. The van der Waals surface area contributed by atoms with E-state index in [0.717, 1.165) is 3.57 Å². The van der Waals surface area contributed by atoms with Crippen molar-refractivity contribution in [3.8, 4) is 0 Å². The van der Waals surface area contributed by atoms with E-state index in [1.54, 1.807) is 12.1 Å². The molecule has 0 bridgehead atoms. The molecule has 0 atom stereocenters. The molecule has 0 aromatic heterocycles. The standard InChI is InChI=1S/C7H5INO/c8-6-4-2-1-3-5(6)7(9)10/h1-4,9H. The molecule has 0 saturated heterocycles. The minimum Gasteiger partial charge on any atom is -0.267 e. The lowest BCUT2D eigenvalue weighted by atomic mass is 10.2. The first-order valence-electron chi connectivity index (χ1n) is 2.72. The molecule has 10 heavy (non-hydrogen) atoms. The summed E-state index contributed by atoms with van der Waals surface area (Å²) < 4.78 is 0.833. The highest BCUT2D eigenvalue weighted by molar-refractivity contribution is 14.1. The van der Waals surface area contributed by atoms with Crippen LogP contribution in [0.2, 0.25) is 0 Å². The average molecular weight is 246 g/mol. The number of benzene rings is 1. The Labute approximate surface area is 72.6 Å². The van der Waals surface area contributed by atoms with Crippen molar-refractivity contribution < 1.29 is 4.79 Å². The molecule has 0 unspecified atom stereocenters. The zero-order valence-electron chi connectivity index (χ0n) is 5.10. The van der Waals surface area contributed by atoms with Gasteiger partial charge in [0.05, 0.1) is 5.56 Å². The molecule has 0 heterocycles. The molecule has 0 aliphatic heterocycles. The third-order valence-corrected chi connectivity index (χ3v) is 2.06. The van der Waals surface area contributed by atoms with Crippen LogP contribution in [0, 0.1) is 3.57 Å². The summed E-state index contributed by atoms with van der Waals surface area (Å²) in [6.45, 7) is 0. The molecular formula is C7H5INO. The first kappa shape index (κ1) is 7.53. The summed E-state index contributed by atoms with van der Waals surface area (Å²) in [4.78, 5) is 10.5. The minimum absolute atomic E-state index is 0.475. The van der Waals surface area contributed by atoms with E-state index in [2.05, 4.69) is 0 Å². The summed E-state index contributed by atoms with van der Waals surface area (Å²) in [6.07, 6.45) is 0.